The number of allylic oxidation sites excluding steroid dienone is 2. The van der Waals surface area contributed by atoms with Crippen LogP contribution in [0.5, 0.6) is 0 Å². The minimum Gasteiger partial charge on any atom is -0.302 e. The summed E-state index contributed by atoms with van der Waals surface area (Å²) in [6, 6.07) is 0. The lowest BCUT2D eigenvalue weighted by Crippen LogP contribution is -2.16. The van der Waals surface area contributed by atoms with Crippen molar-refractivity contribution >= 4 is 22.4 Å². The van der Waals surface area contributed by atoms with E-state index in [1.807, 2.05) is 0 Å². The van der Waals surface area contributed by atoms with E-state index in [1.165, 1.54) is 22.6 Å². The summed E-state index contributed by atoms with van der Waals surface area (Å²) in [7, 11) is 0. The van der Waals surface area contributed by atoms with Crippen molar-refractivity contribution in [2.75, 3.05) is 5.32 Å². The lowest BCUT2D eigenvalue weighted by molar-refractivity contribution is -0.118. The average Bonchev–Trinajstić information content (AvgIpc) is 2.69. The van der Waals surface area contributed by atoms with Crippen molar-refractivity contribution in [1.82, 2.24) is 4.98 Å². The molecule has 0 aliphatic heterocycles. The molecule has 1 N–H and O–H groups in total. The van der Waals surface area contributed by atoms with Gasteiger partial charge in [-0.2, -0.15) is 0 Å². The molecule has 0 unspecified atom stereocenters. The van der Waals surface area contributed by atoms with E-state index in [4.69, 9.17) is 0 Å². The molecule has 2 aliphatic rings. The highest BCUT2D eigenvalue weighted by Gasteiger charge is 2.60. The smallest absolute Gasteiger partial charge is 0.230 e. The third kappa shape index (κ3) is 2.30. The second-order valence-electron chi connectivity index (χ2n) is 6.80. The predicted molar refractivity (Wildman–Crippen MR) is 83.0 cm³/mol. The zero-order valence-corrected chi connectivity index (χ0v) is 13.4. The number of amides is 1. The maximum Gasteiger partial charge on any atom is 0.230 e. The van der Waals surface area contributed by atoms with Crippen molar-refractivity contribution in [3.8, 4) is 0 Å². The summed E-state index contributed by atoms with van der Waals surface area (Å²) in [6.07, 6.45) is 5.63. The van der Waals surface area contributed by atoms with E-state index in [-0.39, 0.29) is 17.2 Å². The Kier molecular flexibility index (Phi) is 3.24. The third-order valence-electron chi connectivity index (χ3n) is 4.53. The zero-order chi connectivity index (χ0) is 14.5. The van der Waals surface area contributed by atoms with E-state index >= 15 is 0 Å². The van der Waals surface area contributed by atoms with Crippen molar-refractivity contribution in [2.45, 2.75) is 47.0 Å². The van der Waals surface area contributed by atoms with E-state index in [2.05, 4.69) is 44.1 Å². The SMILES string of the molecule is CC(C)=C[C@@H]1[C@@H](C(=O)Nc2nc3c(s2)CCC3)C1(C)C. The first-order valence-corrected chi connectivity index (χ1v) is 8.15. The quantitative estimate of drug-likeness (QED) is 0.860. The number of nitrogens with one attached hydrogen (secondary N) is 1. The maximum atomic E-state index is 12.4. The van der Waals surface area contributed by atoms with Gasteiger partial charge in [0, 0.05) is 4.88 Å². The van der Waals surface area contributed by atoms with Gasteiger partial charge in [-0.1, -0.05) is 25.5 Å². The van der Waals surface area contributed by atoms with Gasteiger partial charge in [0.05, 0.1) is 11.6 Å². The van der Waals surface area contributed by atoms with Gasteiger partial charge in [0.15, 0.2) is 5.13 Å². The van der Waals surface area contributed by atoms with Gasteiger partial charge in [0.25, 0.3) is 0 Å². The van der Waals surface area contributed by atoms with E-state index in [0.29, 0.717) is 5.92 Å². The Morgan fingerprint density at radius 2 is 2.15 bits per heavy atom. The third-order valence-corrected chi connectivity index (χ3v) is 5.60. The fourth-order valence-electron chi connectivity index (χ4n) is 3.28. The van der Waals surface area contributed by atoms with Gasteiger partial charge in [-0.05, 0) is 44.4 Å². The van der Waals surface area contributed by atoms with Gasteiger partial charge in [0.2, 0.25) is 5.91 Å². The number of hydrogen-bond acceptors (Lipinski definition) is 3. The van der Waals surface area contributed by atoms with Crippen molar-refractivity contribution in [3.63, 3.8) is 0 Å². The van der Waals surface area contributed by atoms with Crippen LogP contribution in [0, 0.1) is 17.3 Å². The minimum atomic E-state index is 0.0708. The molecule has 0 radical (unpaired) electrons. The molecule has 0 aromatic carbocycles. The lowest BCUT2D eigenvalue weighted by Gasteiger charge is -2.02. The molecule has 2 aliphatic carbocycles. The molecule has 108 valence electrons. The van der Waals surface area contributed by atoms with Crippen LogP contribution in [-0.2, 0) is 17.6 Å². The van der Waals surface area contributed by atoms with E-state index < -0.39 is 0 Å². The first-order chi connectivity index (χ1) is 9.39. The molecule has 2 atom stereocenters. The second kappa shape index (κ2) is 4.69. The molecule has 1 aromatic rings. The summed E-state index contributed by atoms with van der Waals surface area (Å²) in [5, 5.41) is 3.82. The molecule has 1 heterocycles. The van der Waals surface area contributed by atoms with Crippen molar-refractivity contribution in [3.05, 3.63) is 22.2 Å². The first kappa shape index (κ1) is 13.8. The first-order valence-electron chi connectivity index (χ1n) is 7.34. The fourth-order valence-corrected chi connectivity index (χ4v) is 4.33. The van der Waals surface area contributed by atoms with Gasteiger partial charge < -0.3 is 5.32 Å². The van der Waals surface area contributed by atoms with Crippen LogP contribution in [0.4, 0.5) is 5.13 Å². The number of hydrogen-bond donors (Lipinski definition) is 1. The molecule has 1 saturated carbocycles. The summed E-state index contributed by atoms with van der Waals surface area (Å²) in [5.74, 6) is 0.570. The number of thiazole rings is 1. The minimum absolute atomic E-state index is 0.0708. The number of aromatic nitrogens is 1. The highest BCUT2D eigenvalue weighted by Crippen LogP contribution is 2.59. The second-order valence-corrected chi connectivity index (χ2v) is 7.88. The lowest BCUT2D eigenvalue weighted by atomic mass is 10.1. The van der Waals surface area contributed by atoms with E-state index in [9.17, 15) is 4.79 Å². The topological polar surface area (TPSA) is 42.0 Å². The summed E-state index contributed by atoms with van der Waals surface area (Å²) >= 11 is 1.65. The number of nitrogens with zero attached hydrogens (tertiary/aromatic N) is 1. The molecule has 4 heteroatoms. The van der Waals surface area contributed by atoms with Gasteiger partial charge in [-0.25, -0.2) is 4.98 Å². The number of carbonyl (C=O) groups is 1. The van der Waals surface area contributed by atoms with Crippen LogP contribution in [-0.4, -0.2) is 10.9 Å². The zero-order valence-electron chi connectivity index (χ0n) is 12.6. The van der Waals surface area contributed by atoms with Gasteiger partial charge in [0.1, 0.15) is 0 Å². The number of aryl methyl sites for hydroxylation is 2. The largest absolute Gasteiger partial charge is 0.302 e. The number of anilines is 1. The number of fused-ring (bicyclic) bond motifs is 1. The van der Waals surface area contributed by atoms with Crippen LogP contribution < -0.4 is 5.32 Å². The van der Waals surface area contributed by atoms with Gasteiger partial charge >= 0.3 is 0 Å². The van der Waals surface area contributed by atoms with Crippen molar-refractivity contribution in [2.24, 2.45) is 17.3 Å². The number of carbonyl (C=O) groups excluding carboxylic acids is 1. The Balaban J connectivity index is 1.69. The maximum absolute atomic E-state index is 12.4. The van der Waals surface area contributed by atoms with E-state index in [1.54, 1.807) is 11.3 Å². The van der Waals surface area contributed by atoms with Gasteiger partial charge in [-0.3, -0.25) is 4.79 Å². The summed E-state index contributed by atoms with van der Waals surface area (Å²) < 4.78 is 0. The van der Waals surface area contributed by atoms with Crippen molar-refractivity contribution < 1.29 is 4.79 Å². The Hall–Kier alpha value is -1.16. The average molecular weight is 290 g/mol. The highest BCUT2D eigenvalue weighted by molar-refractivity contribution is 7.15. The molecular formula is C16H22N2OS. The van der Waals surface area contributed by atoms with Crippen LogP contribution >= 0.6 is 11.3 Å². The van der Waals surface area contributed by atoms with E-state index in [0.717, 1.165) is 18.0 Å². The Labute approximate surface area is 124 Å². The molecule has 0 bridgehead atoms. The molecular weight excluding hydrogens is 268 g/mol. The molecule has 20 heavy (non-hydrogen) atoms. The highest BCUT2D eigenvalue weighted by atomic mass is 32.1. The van der Waals surface area contributed by atoms with Crippen molar-refractivity contribution in [1.29, 1.82) is 0 Å². The Morgan fingerprint density at radius 1 is 1.40 bits per heavy atom. The molecule has 0 saturated heterocycles. The van der Waals surface area contributed by atoms with Crippen LogP contribution in [0.15, 0.2) is 11.6 Å². The molecule has 3 rings (SSSR count). The molecule has 3 nitrogen and oxygen atoms in total. The van der Waals surface area contributed by atoms with Crippen LogP contribution in [0.3, 0.4) is 0 Å². The monoisotopic (exact) mass is 290 g/mol. The van der Waals surface area contributed by atoms with Crippen LogP contribution in [0.1, 0.15) is 44.7 Å². The van der Waals surface area contributed by atoms with Crippen LogP contribution in [0.25, 0.3) is 0 Å². The van der Waals surface area contributed by atoms with Crippen LogP contribution in [0.2, 0.25) is 0 Å². The summed E-state index contributed by atoms with van der Waals surface area (Å²) in [5.41, 5.74) is 2.55. The Morgan fingerprint density at radius 3 is 2.80 bits per heavy atom. The van der Waals surface area contributed by atoms with Gasteiger partial charge in [-0.15, -0.1) is 11.3 Å². The molecule has 0 spiro atoms. The summed E-state index contributed by atoms with van der Waals surface area (Å²) in [4.78, 5) is 18.3. The number of rotatable bonds is 3. The standard InChI is InChI=1S/C16H22N2OS/c1-9(2)8-10-13(16(10,3)4)14(19)18-15-17-11-6-5-7-12(11)20-15/h8,10,13H,5-7H2,1-4H3,(H,17,18,19)/t10-,13+/m1/s1. The molecule has 1 amide bonds. The molecule has 1 aromatic heterocycles. The fraction of sp³-hybridized carbons (Fsp3) is 0.625. The normalized spacial score (nSPS) is 26.0. The molecule has 1 fully saturated rings. The summed E-state index contributed by atoms with van der Waals surface area (Å²) in [6.45, 7) is 8.52. The predicted octanol–water partition coefficient (Wildman–Crippen LogP) is 3.81. The Bertz CT molecular complexity index is 560.